The summed E-state index contributed by atoms with van der Waals surface area (Å²) in [5.41, 5.74) is 0.670. The zero-order valence-electron chi connectivity index (χ0n) is 13.0. The Balaban J connectivity index is 1.87. The number of rotatable bonds is 7. The Morgan fingerprint density at radius 2 is 2.04 bits per heavy atom. The molecule has 0 aliphatic rings. The Kier molecular flexibility index (Phi) is 5.87. The van der Waals surface area contributed by atoms with Gasteiger partial charge in [-0.3, -0.25) is 9.59 Å². The summed E-state index contributed by atoms with van der Waals surface area (Å²) in [6, 6.07) is 8.15. The van der Waals surface area contributed by atoms with Crippen molar-refractivity contribution in [1.29, 1.82) is 0 Å². The molecule has 6 heteroatoms. The lowest BCUT2D eigenvalue weighted by Gasteiger charge is -2.17. The van der Waals surface area contributed by atoms with E-state index in [1.54, 1.807) is 19.2 Å². The molecule has 0 radical (unpaired) electrons. The monoisotopic (exact) mass is 335 g/mol. The number of carbonyl (C=O) groups is 2. The first-order chi connectivity index (χ1) is 11.0. The van der Waals surface area contributed by atoms with Crippen molar-refractivity contribution in [2.45, 2.75) is 19.4 Å². The van der Waals surface area contributed by atoms with Crippen molar-refractivity contribution >= 4 is 23.0 Å². The highest BCUT2D eigenvalue weighted by molar-refractivity contribution is 7.12. The van der Waals surface area contributed by atoms with Crippen molar-refractivity contribution in [3.63, 3.8) is 0 Å². The van der Waals surface area contributed by atoms with E-state index in [2.05, 4.69) is 0 Å². The number of ketones is 1. The fourth-order valence-electron chi connectivity index (χ4n) is 2.14. The zero-order valence-corrected chi connectivity index (χ0v) is 13.9. The number of halogens is 1. The van der Waals surface area contributed by atoms with Gasteiger partial charge in [-0.15, -0.1) is 11.3 Å². The minimum absolute atomic E-state index is 0.0303. The minimum Gasteiger partial charge on any atom is -0.494 e. The van der Waals surface area contributed by atoms with Gasteiger partial charge in [0.05, 0.1) is 12.0 Å². The summed E-state index contributed by atoms with van der Waals surface area (Å²) < 4.78 is 18.5. The highest BCUT2D eigenvalue weighted by atomic mass is 32.1. The number of hydrogen-bond donors (Lipinski definition) is 0. The summed E-state index contributed by atoms with van der Waals surface area (Å²) in [4.78, 5) is 26.1. The predicted molar refractivity (Wildman–Crippen MR) is 87.3 cm³/mol. The van der Waals surface area contributed by atoms with Crippen LogP contribution in [0.4, 0.5) is 4.39 Å². The quantitative estimate of drug-likeness (QED) is 0.727. The molecule has 2 aromatic rings. The molecular weight excluding hydrogens is 317 g/mol. The van der Waals surface area contributed by atoms with Gasteiger partial charge in [-0.2, -0.15) is 0 Å². The second-order valence-corrected chi connectivity index (χ2v) is 6.07. The van der Waals surface area contributed by atoms with Crippen LogP contribution >= 0.6 is 11.3 Å². The Bertz CT molecular complexity index is 685. The fourth-order valence-corrected chi connectivity index (χ4v) is 2.84. The molecule has 1 heterocycles. The molecule has 1 amide bonds. The maximum absolute atomic E-state index is 13.6. The first-order valence-electron chi connectivity index (χ1n) is 7.14. The lowest BCUT2D eigenvalue weighted by molar-refractivity contribution is -0.130. The molecule has 23 heavy (non-hydrogen) atoms. The second-order valence-electron chi connectivity index (χ2n) is 5.12. The van der Waals surface area contributed by atoms with E-state index in [-0.39, 0.29) is 36.8 Å². The molecule has 0 fully saturated rings. The van der Waals surface area contributed by atoms with Crippen LogP contribution in [0.25, 0.3) is 0 Å². The fraction of sp³-hybridized carbons (Fsp3) is 0.294. The largest absolute Gasteiger partial charge is 0.494 e. The molecule has 1 aromatic carbocycles. The molecule has 0 N–H and O–H groups in total. The van der Waals surface area contributed by atoms with E-state index in [1.807, 2.05) is 11.4 Å². The molecule has 0 saturated carbocycles. The number of benzene rings is 1. The Hall–Kier alpha value is -2.21. The average molecular weight is 335 g/mol. The topological polar surface area (TPSA) is 46.6 Å². The summed E-state index contributed by atoms with van der Waals surface area (Å²) in [5, 5.41) is 1.83. The molecule has 0 spiro atoms. The average Bonchev–Trinajstić information content (AvgIpc) is 3.07. The van der Waals surface area contributed by atoms with Crippen LogP contribution in [0.5, 0.6) is 5.75 Å². The Labute approximate surface area is 138 Å². The van der Waals surface area contributed by atoms with Crippen molar-refractivity contribution < 1.29 is 18.7 Å². The third kappa shape index (κ3) is 4.63. The van der Waals surface area contributed by atoms with E-state index in [1.165, 1.54) is 35.5 Å². The summed E-state index contributed by atoms with van der Waals surface area (Å²) in [6.45, 7) is 0.285. The van der Waals surface area contributed by atoms with Crippen LogP contribution in [-0.2, 0) is 11.3 Å². The second kappa shape index (κ2) is 7.87. The van der Waals surface area contributed by atoms with Gasteiger partial charge in [-0.05, 0) is 29.1 Å². The summed E-state index contributed by atoms with van der Waals surface area (Å²) in [5.74, 6) is -0.466. The minimum atomic E-state index is -0.460. The lowest BCUT2D eigenvalue weighted by Crippen LogP contribution is -2.26. The van der Waals surface area contributed by atoms with Crippen molar-refractivity contribution in [2.75, 3.05) is 14.2 Å². The highest BCUT2D eigenvalue weighted by Crippen LogP contribution is 2.19. The maximum Gasteiger partial charge on any atom is 0.223 e. The normalized spacial score (nSPS) is 10.4. The SMILES string of the molecule is COc1ccc(CN(C)C(=O)CCC(=O)c2cccs2)cc1F. The van der Waals surface area contributed by atoms with Gasteiger partial charge in [0.2, 0.25) is 5.91 Å². The Morgan fingerprint density at radius 3 is 2.65 bits per heavy atom. The molecule has 0 aliphatic heterocycles. The molecule has 122 valence electrons. The van der Waals surface area contributed by atoms with Gasteiger partial charge in [-0.25, -0.2) is 4.39 Å². The maximum atomic E-state index is 13.6. The molecule has 0 unspecified atom stereocenters. The molecule has 0 atom stereocenters. The van der Waals surface area contributed by atoms with Crippen LogP contribution in [0, 0.1) is 5.82 Å². The number of nitrogens with zero attached hydrogens (tertiary/aromatic N) is 1. The summed E-state index contributed by atoms with van der Waals surface area (Å²) in [7, 11) is 3.04. The van der Waals surface area contributed by atoms with Gasteiger partial charge < -0.3 is 9.64 Å². The van der Waals surface area contributed by atoms with Gasteiger partial charge in [-0.1, -0.05) is 12.1 Å². The first kappa shape index (κ1) is 17.1. The smallest absolute Gasteiger partial charge is 0.223 e. The van der Waals surface area contributed by atoms with Crippen molar-refractivity contribution in [3.8, 4) is 5.75 Å². The zero-order chi connectivity index (χ0) is 16.8. The molecule has 1 aromatic heterocycles. The van der Waals surface area contributed by atoms with Gasteiger partial charge >= 0.3 is 0 Å². The van der Waals surface area contributed by atoms with E-state index in [4.69, 9.17) is 4.74 Å². The number of hydrogen-bond acceptors (Lipinski definition) is 4. The van der Waals surface area contributed by atoms with Crippen LogP contribution in [0.3, 0.4) is 0 Å². The summed E-state index contributed by atoms with van der Waals surface area (Å²) in [6.07, 6.45) is 0.326. The van der Waals surface area contributed by atoms with Gasteiger partial charge in [0, 0.05) is 26.4 Å². The first-order valence-corrected chi connectivity index (χ1v) is 8.02. The van der Waals surface area contributed by atoms with Gasteiger partial charge in [0.1, 0.15) is 0 Å². The Morgan fingerprint density at radius 1 is 1.26 bits per heavy atom. The van der Waals surface area contributed by atoms with Crippen LogP contribution in [-0.4, -0.2) is 30.7 Å². The number of amides is 1. The van der Waals surface area contributed by atoms with Gasteiger partial charge in [0.25, 0.3) is 0 Å². The van der Waals surface area contributed by atoms with Crippen molar-refractivity contribution in [1.82, 2.24) is 4.90 Å². The van der Waals surface area contributed by atoms with Crippen molar-refractivity contribution in [3.05, 3.63) is 52.0 Å². The molecule has 2 rings (SSSR count). The molecule has 0 bridgehead atoms. The standard InChI is InChI=1S/C17H18FNO3S/c1-19(11-12-5-7-15(22-2)13(18)10-12)17(21)8-6-14(20)16-4-3-9-23-16/h3-5,7,9-10H,6,8,11H2,1-2H3. The number of carbonyl (C=O) groups excluding carboxylic acids is 2. The number of Topliss-reactive ketones (excluding diaryl/α,β-unsaturated/α-hetero) is 1. The van der Waals surface area contributed by atoms with Crippen LogP contribution < -0.4 is 4.74 Å². The van der Waals surface area contributed by atoms with E-state index < -0.39 is 5.82 Å². The van der Waals surface area contributed by atoms with Crippen LogP contribution in [0.1, 0.15) is 28.1 Å². The van der Waals surface area contributed by atoms with Crippen LogP contribution in [0.15, 0.2) is 35.7 Å². The lowest BCUT2D eigenvalue weighted by atomic mass is 10.1. The van der Waals surface area contributed by atoms with Gasteiger partial charge in [0.15, 0.2) is 17.3 Å². The highest BCUT2D eigenvalue weighted by Gasteiger charge is 2.14. The third-order valence-electron chi connectivity index (χ3n) is 3.42. The molecular formula is C17H18FNO3S. The third-order valence-corrected chi connectivity index (χ3v) is 4.33. The predicted octanol–water partition coefficient (Wildman–Crippen LogP) is 3.52. The molecule has 0 saturated heterocycles. The molecule has 0 aliphatic carbocycles. The number of ether oxygens (including phenoxy) is 1. The summed E-state index contributed by atoms with van der Waals surface area (Å²) >= 11 is 1.37. The molecule has 4 nitrogen and oxygen atoms in total. The number of methoxy groups -OCH3 is 1. The van der Waals surface area contributed by atoms with Crippen LogP contribution in [0.2, 0.25) is 0 Å². The number of thiophene rings is 1. The van der Waals surface area contributed by atoms with Crippen molar-refractivity contribution in [2.24, 2.45) is 0 Å². The van der Waals surface area contributed by atoms with E-state index in [0.29, 0.717) is 10.4 Å². The van der Waals surface area contributed by atoms with E-state index >= 15 is 0 Å². The van der Waals surface area contributed by atoms with E-state index in [0.717, 1.165) is 0 Å². The van der Waals surface area contributed by atoms with E-state index in [9.17, 15) is 14.0 Å².